The maximum absolute atomic E-state index is 13.0. The maximum Gasteiger partial charge on any atom is 0.492 e. The van der Waals surface area contributed by atoms with E-state index in [1.807, 2.05) is 90.3 Å². The van der Waals surface area contributed by atoms with Gasteiger partial charge >= 0.3 is 13.2 Å². The highest BCUT2D eigenvalue weighted by atomic mass is 16.7. The number of hydrogen-bond donors (Lipinski definition) is 1. The van der Waals surface area contributed by atoms with Crippen molar-refractivity contribution in [3.63, 3.8) is 0 Å². The summed E-state index contributed by atoms with van der Waals surface area (Å²) in [5, 5.41) is 2.95. The SMILES string of the molecule is CN(C)c1ccccc1C=C(CNC(=O)OCC1c2ccccc2-c2ccccc21)B1OC(C)(C)C(C)(C)O1. The molecule has 6 nitrogen and oxygen atoms in total. The first-order valence-corrected chi connectivity index (χ1v) is 13.5. The molecular weight excluding hydrogens is 487 g/mol. The molecule has 1 aliphatic heterocycles. The molecule has 1 aliphatic carbocycles. The average molecular weight is 524 g/mol. The summed E-state index contributed by atoms with van der Waals surface area (Å²) < 4.78 is 18.5. The van der Waals surface area contributed by atoms with Gasteiger partial charge in [0.15, 0.2) is 0 Å². The van der Waals surface area contributed by atoms with Crippen LogP contribution in [0.1, 0.15) is 50.3 Å². The molecule has 0 spiro atoms. The topological polar surface area (TPSA) is 60.0 Å². The third-order valence-electron chi connectivity index (χ3n) is 8.10. The van der Waals surface area contributed by atoms with Crippen LogP contribution in [0.4, 0.5) is 10.5 Å². The van der Waals surface area contributed by atoms with Gasteiger partial charge in [0, 0.05) is 32.2 Å². The van der Waals surface area contributed by atoms with Gasteiger partial charge in [-0.15, -0.1) is 0 Å². The van der Waals surface area contributed by atoms with Crippen molar-refractivity contribution < 1.29 is 18.8 Å². The lowest BCUT2D eigenvalue weighted by atomic mass is 9.77. The number of nitrogens with one attached hydrogen (secondary N) is 1. The molecule has 0 saturated carbocycles. The first-order chi connectivity index (χ1) is 18.6. The molecule has 5 rings (SSSR count). The molecule has 1 heterocycles. The maximum atomic E-state index is 13.0. The lowest BCUT2D eigenvalue weighted by Gasteiger charge is -2.32. The van der Waals surface area contributed by atoms with E-state index in [0.29, 0.717) is 0 Å². The number of rotatable bonds is 7. The number of carbonyl (C=O) groups excluding carboxylic acids is 1. The van der Waals surface area contributed by atoms with Crippen molar-refractivity contribution in [2.45, 2.75) is 44.8 Å². The van der Waals surface area contributed by atoms with Gasteiger partial charge in [0.2, 0.25) is 0 Å². The second-order valence-electron chi connectivity index (χ2n) is 11.4. The van der Waals surface area contributed by atoms with Crippen LogP contribution in [-0.2, 0) is 14.0 Å². The van der Waals surface area contributed by atoms with Crippen LogP contribution >= 0.6 is 0 Å². The number of fused-ring (bicyclic) bond motifs is 3. The van der Waals surface area contributed by atoms with Crippen LogP contribution < -0.4 is 10.2 Å². The third kappa shape index (κ3) is 5.34. The Labute approximate surface area is 232 Å². The van der Waals surface area contributed by atoms with Gasteiger partial charge in [-0.2, -0.15) is 0 Å². The summed E-state index contributed by atoms with van der Waals surface area (Å²) in [6, 6.07) is 24.8. The minimum absolute atomic E-state index is 0.00762. The normalized spacial score (nSPS) is 17.5. The van der Waals surface area contributed by atoms with E-state index in [1.165, 1.54) is 22.3 Å². The van der Waals surface area contributed by atoms with Crippen LogP contribution in [-0.4, -0.2) is 51.7 Å². The summed E-state index contributed by atoms with van der Waals surface area (Å²) in [6.45, 7) is 8.59. The van der Waals surface area contributed by atoms with Gasteiger partial charge in [0.1, 0.15) is 6.61 Å². The minimum atomic E-state index is -0.598. The number of benzene rings is 3. The summed E-state index contributed by atoms with van der Waals surface area (Å²) in [7, 11) is 3.42. The highest BCUT2D eigenvalue weighted by molar-refractivity contribution is 6.56. The highest BCUT2D eigenvalue weighted by Crippen LogP contribution is 2.44. The number of hydrogen-bond acceptors (Lipinski definition) is 5. The summed E-state index contributed by atoms with van der Waals surface area (Å²) in [5.41, 5.74) is 6.67. The molecule has 0 radical (unpaired) electrons. The smallest absolute Gasteiger partial charge is 0.449 e. The Morgan fingerprint density at radius 3 is 2.03 bits per heavy atom. The van der Waals surface area contributed by atoms with E-state index in [0.717, 1.165) is 16.7 Å². The molecule has 1 fully saturated rings. The van der Waals surface area contributed by atoms with E-state index < -0.39 is 24.4 Å². The molecule has 7 heteroatoms. The van der Waals surface area contributed by atoms with Crippen molar-refractivity contribution in [3.8, 4) is 11.1 Å². The predicted octanol–water partition coefficient (Wildman–Crippen LogP) is 6.31. The Balaban J connectivity index is 1.32. The van der Waals surface area contributed by atoms with Crippen LogP contribution in [0.5, 0.6) is 0 Å². The molecule has 2 aliphatic rings. The van der Waals surface area contributed by atoms with Crippen molar-refractivity contribution in [2.24, 2.45) is 0 Å². The molecule has 3 aromatic carbocycles. The fourth-order valence-electron chi connectivity index (χ4n) is 5.24. The number of anilines is 1. The summed E-state index contributed by atoms with van der Waals surface area (Å²) in [5.74, 6) is 0.00762. The van der Waals surface area contributed by atoms with E-state index in [2.05, 4.69) is 40.5 Å². The van der Waals surface area contributed by atoms with Gasteiger partial charge in [-0.05, 0) is 67.1 Å². The van der Waals surface area contributed by atoms with E-state index in [9.17, 15) is 4.79 Å². The zero-order chi connectivity index (χ0) is 27.8. The second kappa shape index (κ2) is 10.6. The van der Waals surface area contributed by atoms with Crippen molar-refractivity contribution in [1.29, 1.82) is 0 Å². The van der Waals surface area contributed by atoms with Gasteiger partial charge in [0.25, 0.3) is 0 Å². The van der Waals surface area contributed by atoms with Crippen molar-refractivity contribution in [2.75, 3.05) is 32.1 Å². The monoisotopic (exact) mass is 524 g/mol. The molecule has 3 aromatic rings. The minimum Gasteiger partial charge on any atom is -0.449 e. The van der Waals surface area contributed by atoms with Crippen LogP contribution in [0.2, 0.25) is 0 Å². The largest absolute Gasteiger partial charge is 0.492 e. The molecule has 1 N–H and O–H groups in total. The molecule has 0 bridgehead atoms. The first-order valence-electron chi connectivity index (χ1n) is 13.5. The molecule has 1 amide bonds. The molecule has 0 unspecified atom stereocenters. The Bertz CT molecular complexity index is 1340. The van der Waals surface area contributed by atoms with Crippen molar-refractivity contribution >= 4 is 25.0 Å². The number of carbonyl (C=O) groups is 1. The standard InChI is InChI=1S/C32H37BN2O4/c1-31(2)32(3,4)39-33(38-31)23(19-22-13-7-12-18-29(22)35(5)6)20-34-30(36)37-21-28-26-16-10-8-14-24(26)25-15-9-11-17-27(25)28/h7-19,28H,20-21H2,1-6H3,(H,34,36). The third-order valence-corrected chi connectivity index (χ3v) is 8.10. The van der Waals surface area contributed by atoms with E-state index in [-0.39, 0.29) is 19.1 Å². The van der Waals surface area contributed by atoms with Gasteiger partial charge < -0.3 is 24.3 Å². The lowest BCUT2D eigenvalue weighted by Crippen LogP contribution is -2.41. The van der Waals surface area contributed by atoms with E-state index in [4.69, 9.17) is 14.0 Å². The van der Waals surface area contributed by atoms with Crippen LogP contribution in [0.25, 0.3) is 17.2 Å². The van der Waals surface area contributed by atoms with Crippen LogP contribution in [0.3, 0.4) is 0 Å². The number of alkyl carbamates (subject to hydrolysis) is 1. The quantitative estimate of drug-likeness (QED) is 0.368. The zero-order valence-electron chi connectivity index (χ0n) is 23.7. The zero-order valence-corrected chi connectivity index (χ0v) is 23.7. The number of para-hydroxylation sites is 1. The highest BCUT2D eigenvalue weighted by Gasteiger charge is 2.52. The Morgan fingerprint density at radius 1 is 0.897 bits per heavy atom. The average Bonchev–Trinajstić information content (AvgIpc) is 3.34. The Kier molecular flexibility index (Phi) is 7.32. The first kappa shape index (κ1) is 27.0. The summed E-state index contributed by atoms with van der Waals surface area (Å²) in [6.07, 6.45) is 1.57. The summed E-state index contributed by atoms with van der Waals surface area (Å²) in [4.78, 5) is 15.0. The molecule has 202 valence electrons. The second-order valence-corrected chi connectivity index (χ2v) is 11.4. The van der Waals surface area contributed by atoms with Gasteiger partial charge in [0.05, 0.1) is 11.2 Å². The summed E-state index contributed by atoms with van der Waals surface area (Å²) >= 11 is 0. The van der Waals surface area contributed by atoms with Crippen molar-refractivity contribution in [3.05, 3.63) is 95.0 Å². The van der Waals surface area contributed by atoms with Crippen molar-refractivity contribution in [1.82, 2.24) is 5.32 Å². The molecule has 0 aromatic heterocycles. The van der Waals surface area contributed by atoms with Gasteiger partial charge in [-0.3, -0.25) is 0 Å². The van der Waals surface area contributed by atoms with Crippen LogP contribution in [0.15, 0.2) is 78.3 Å². The van der Waals surface area contributed by atoms with E-state index in [1.54, 1.807) is 0 Å². The number of nitrogens with zero attached hydrogens (tertiary/aromatic N) is 1. The number of amides is 1. The molecule has 0 atom stereocenters. The predicted molar refractivity (Wildman–Crippen MR) is 158 cm³/mol. The number of ether oxygens (including phenoxy) is 1. The van der Waals surface area contributed by atoms with Crippen LogP contribution in [0, 0.1) is 0 Å². The Morgan fingerprint density at radius 2 is 1.44 bits per heavy atom. The van der Waals surface area contributed by atoms with Gasteiger partial charge in [-0.1, -0.05) is 72.8 Å². The van der Waals surface area contributed by atoms with E-state index >= 15 is 0 Å². The molecule has 39 heavy (non-hydrogen) atoms. The Hall–Kier alpha value is -3.55. The fourth-order valence-corrected chi connectivity index (χ4v) is 5.24. The fraction of sp³-hybridized carbons (Fsp3) is 0.344. The lowest BCUT2D eigenvalue weighted by molar-refractivity contribution is 0.00578. The van der Waals surface area contributed by atoms with Gasteiger partial charge in [-0.25, -0.2) is 4.79 Å². The molecule has 1 saturated heterocycles. The molecular formula is C32H37BN2O4.